The van der Waals surface area contributed by atoms with Crippen LogP contribution >= 0.6 is 0 Å². The third-order valence-corrected chi connectivity index (χ3v) is 9.72. The number of ether oxygens (including phenoxy) is 2. The number of halogens is 4. The van der Waals surface area contributed by atoms with E-state index in [0.717, 1.165) is 51.4 Å². The first-order valence-corrected chi connectivity index (χ1v) is 14.2. The molecule has 0 bridgehead atoms. The van der Waals surface area contributed by atoms with Crippen molar-refractivity contribution in [3.8, 4) is 0 Å². The van der Waals surface area contributed by atoms with Crippen molar-refractivity contribution < 1.29 is 27.0 Å². The minimum atomic E-state index is -1.59. The van der Waals surface area contributed by atoms with Crippen molar-refractivity contribution in [3.05, 3.63) is 0 Å². The average molecular weight is 491 g/mol. The van der Waals surface area contributed by atoms with E-state index in [9.17, 15) is 8.78 Å². The van der Waals surface area contributed by atoms with Crippen LogP contribution in [0.2, 0.25) is 0 Å². The Morgan fingerprint density at radius 1 is 0.588 bits per heavy atom. The Morgan fingerprint density at radius 2 is 1.21 bits per heavy atom. The molecule has 8 atom stereocenters. The van der Waals surface area contributed by atoms with E-state index < -0.39 is 30.8 Å². The Kier molecular flexibility index (Phi) is 10.0. The molecule has 0 amide bonds. The molecule has 0 aliphatic heterocycles. The van der Waals surface area contributed by atoms with Crippen LogP contribution in [-0.4, -0.2) is 50.6 Å². The van der Waals surface area contributed by atoms with Gasteiger partial charge in [0.2, 0.25) is 0 Å². The molecule has 0 saturated heterocycles. The molecule has 0 aromatic rings. The SMILES string of the molecule is CCOCC1CCC(OCC2CCC([C@H]3CCC(C4CCCCC4)C(F)C3F)CC2)C(F)C1F. The van der Waals surface area contributed by atoms with Gasteiger partial charge in [0.1, 0.15) is 18.5 Å². The second-order valence-electron chi connectivity index (χ2n) is 11.7. The van der Waals surface area contributed by atoms with Gasteiger partial charge in [0.25, 0.3) is 0 Å². The normalized spacial score (nSPS) is 44.7. The Bertz CT molecular complexity index is 593. The summed E-state index contributed by atoms with van der Waals surface area (Å²) in [6.07, 6.45) is 5.70. The largest absolute Gasteiger partial charge is 0.381 e. The molecule has 34 heavy (non-hydrogen) atoms. The molecule has 4 rings (SSSR count). The summed E-state index contributed by atoms with van der Waals surface area (Å²) in [6, 6.07) is 0. The van der Waals surface area contributed by atoms with Gasteiger partial charge in [0, 0.05) is 19.1 Å². The van der Waals surface area contributed by atoms with Crippen molar-refractivity contribution in [2.45, 2.75) is 121 Å². The van der Waals surface area contributed by atoms with Gasteiger partial charge in [0.15, 0.2) is 6.17 Å². The third kappa shape index (κ3) is 6.30. The van der Waals surface area contributed by atoms with Crippen LogP contribution < -0.4 is 0 Å². The highest BCUT2D eigenvalue weighted by Gasteiger charge is 2.46. The molecule has 0 aromatic heterocycles. The number of rotatable bonds is 8. The van der Waals surface area contributed by atoms with Crippen molar-refractivity contribution in [3.63, 3.8) is 0 Å². The minimum absolute atomic E-state index is 0.0760. The zero-order valence-electron chi connectivity index (χ0n) is 21.0. The molecule has 6 heteroatoms. The molecule has 0 heterocycles. The molecule has 0 aromatic carbocycles. The topological polar surface area (TPSA) is 18.5 Å². The van der Waals surface area contributed by atoms with Crippen LogP contribution in [0.25, 0.3) is 0 Å². The van der Waals surface area contributed by atoms with Crippen molar-refractivity contribution in [2.75, 3.05) is 19.8 Å². The van der Waals surface area contributed by atoms with E-state index in [2.05, 4.69) is 0 Å². The zero-order chi connectivity index (χ0) is 24.1. The molecular weight excluding hydrogens is 444 g/mol. The van der Waals surface area contributed by atoms with E-state index in [4.69, 9.17) is 9.47 Å². The van der Waals surface area contributed by atoms with Gasteiger partial charge in [-0.3, -0.25) is 0 Å². The van der Waals surface area contributed by atoms with Gasteiger partial charge in [-0.2, -0.15) is 0 Å². The summed E-state index contributed by atoms with van der Waals surface area (Å²) >= 11 is 0. The summed E-state index contributed by atoms with van der Waals surface area (Å²) in [5.41, 5.74) is 0. The van der Waals surface area contributed by atoms with Gasteiger partial charge >= 0.3 is 0 Å². The van der Waals surface area contributed by atoms with E-state index in [1.165, 1.54) is 19.3 Å². The standard InChI is InChI=1S/C28H46F4O2/c1-2-33-17-21-12-15-24(28(32)25(21)29)34-16-18-8-10-20(11-9-18)23-14-13-22(26(30)27(23)31)19-6-4-3-5-7-19/h18-28H,2-17H2,1H3/t18?,20?,21?,22?,23-,24?,25?,26?,27?,28?/m1/s1. The lowest BCUT2D eigenvalue weighted by Crippen LogP contribution is -2.45. The smallest absolute Gasteiger partial charge is 0.157 e. The Balaban J connectivity index is 1.18. The molecule has 2 nitrogen and oxygen atoms in total. The Hall–Kier alpha value is -0.360. The predicted octanol–water partition coefficient (Wildman–Crippen LogP) is 7.58. The van der Waals surface area contributed by atoms with Gasteiger partial charge in [-0.25, -0.2) is 17.6 Å². The van der Waals surface area contributed by atoms with Gasteiger partial charge in [-0.1, -0.05) is 32.1 Å². The molecule has 0 N–H and O–H groups in total. The lowest BCUT2D eigenvalue weighted by Gasteiger charge is -2.44. The molecule has 0 spiro atoms. The Morgan fingerprint density at radius 3 is 1.82 bits per heavy atom. The second-order valence-corrected chi connectivity index (χ2v) is 11.7. The first-order chi connectivity index (χ1) is 16.5. The van der Waals surface area contributed by atoms with Crippen molar-refractivity contribution >= 4 is 0 Å². The summed E-state index contributed by atoms with van der Waals surface area (Å²) in [5, 5.41) is 0. The van der Waals surface area contributed by atoms with Crippen LogP contribution in [0.1, 0.15) is 90.4 Å². The maximum absolute atomic E-state index is 15.2. The van der Waals surface area contributed by atoms with Gasteiger partial charge in [-0.15, -0.1) is 0 Å². The summed E-state index contributed by atoms with van der Waals surface area (Å²) in [4.78, 5) is 0. The van der Waals surface area contributed by atoms with Crippen molar-refractivity contribution in [1.29, 1.82) is 0 Å². The fraction of sp³-hybridized carbons (Fsp3) is 1.00. The fourth-order valence-corrected chi connectivity index (χ4v) is 7.55. The van der Waals surface area contributed by atoms with E-state index in [-0.39, 0.29) is 30.3 Å². The summed E-state index contributed by atoms with van der Waals surface area (Å²) in [7, 11) is 0. The van der Waals surface area contributed by atoms with Crippen molar-refractivity contribution in [2.24, 2.45) is 35.5 Å². The highest BCUT2D eigenvalue weighted by atomic mass is 19.2. The first kappa shape index (κ1) is 26.7. The predicted molar refractivity (Wildman–Crippen MR) is 127 cm³/mol. The highest BCUT2D eigenvalue weighted by Crippen LogP contribution is 2.47. The first-order valence-electron chi connectivity index (χ1n) is 14.2. The third-order valence-electron chi connectivity index (χ3n) is 9.72. The van der Waals surface area contributed by atoms with Gasteiger partial charge < -0.3 is 9.47 Å². The molecule has 4 aliphatic carbocycles. The maximum Gasteiger partial charge on any atom is 0.157 e. The van der Waals surface area contributed by atoms with Crippen LogP contribution in [0.4, 0.5) is 17.6 Å². The molecule has 4 aliphatic rings. The van der Waals surface area contributed by atoms with Crippen LogP contribution in [0, 0.1) is 35.5 Å². The highest BCUT2D eigenvalue weighted by molar-refractivity contribution is 4.95. The molecular formula is C28H46F4O2. The Labute approximate surface area is 203 Å². The zero-order valence-corrected chi connectivity index (χ0v) is 21.0. The fourth-order valence-electron chi connectivity index (χ4n) is 7.55. The molecule has 0 radical (unpaired) electrons. The molecule has 198 valence electrons. The van der Waals surface area contributed by atoms with E-state index in [0.29, 0.717) is 37.9 Å². The summed E-state index contributed by atoms with van der Waals surface area (Å²) in [6.45, 7) is 3.09. The molecule has 4 fully saturated rings. The lowest BCUT2D eigenvalue weighted by molar-refractivity contribution is -0.0978. The lowest BCUT2D eigenvalue weighted by atomic mass is 9.64. The average Bonchev–Trinajstić information content (AvgIpc) is 2.87. The quantitative estimate of drug-likeness (QED) is 0.327. The van der Waals surface area contributed by atoms with Crippen LogP contribution in [-0.2, 0) is 9.47 Å². The summed E-state index contributed by atoms with van der Waals surface area (Å²) in [5.74, 6) is 0.322. The molecule has 7 unspecified atom stereocenters. The van der Waals surface area contributed by atoms with Gasteiger partial charge in [-0.05, 0) is 87.9 Å². The van der Waals surface area contributed by atoms with Gasteiger partial charge in [0.05, 0.1) is 12.7 Å². The van der Waals surface area contributed by atoms with E-state index >= 15 is 8.78 Å². The number of hydrogen-bond donors (Lipinski definition) is 0. The van der Waals surface area contributed by atoms with Crippen molar-refractivity contribution in [1.82, 2.24) is 0 Å². The molecule has 4 saturated carbocycles. The van der Waals surface area contributed by atoms with E-state index in [1.54, 1.807) is 0 Å². The second kappa shape index (κ2) is 12.7. The van der Waals surface area contributed by atoms with Crippen LogP contribution in [0.15, 0.2) is 0 Å². The van der Waals surface area contributed by atoms with E-state index in [1.807, 2.05) is 6.92 Å². The summed E-state index contributed by atoms with van der Waals surface area (Å²) < 4.78 is 70.6. The number of hydrogen-bond acceptors (Lipinski definition) is 2. The maximum atomic E-state index is 15.2. The number of alkyl halides is 4. The van der Waals surface area contributed by atoms with Crippen LogP contribution in [0.3, 0.4) is 0 Å². The monoisotopic (exact) mass is 490 g/mol. The minimum Gasteiger partial charge on any atom is -0.381 e. The van der Waals surface area contributed by atoms with Crippen LogP contribution in [0.5, 0.6) is 0 Å².